The molecule has 1 unspecified atom stereocenters. The number of carboxylic acid groups (broad SMARTS) is 1. The second-order valence-corrected chi connectivity index (χ2v) is 5.87. The Morgan fingerprint density at radius 1 is 1.50 bits per heavy atom. The standard InChI is InChI=1S/C11H15NO5S/c1-17-9-5-7(8(12)6-11(13)14)3-4-10(9)18(2,15)16/h3-5,8H,6,12H2,1-2H3,(H,13,14). The molecule has 0 bridgehead atoms. The summed E-state index contributed by atoms with van der Waals surface area (Å²) in [6, 6.07) is 3.60. The maximum absolute atomic E-state index is 11.5. The summed E-state index contributed by atoms with van der Waals surface area (Å²) in [5.74, 6) is -0.857. The molecule has 7 heteroatoms. The van der Waals surface area contributed by atoms with Crippen LogP contribution in [0, 0.1) is 0 Å². The van der Waals surface area contributed by atoms with E-state index in [1.807, 2.05) is 0 Å². The van der Waals surface area contributed by atoms with Crippen LogP contribution in [0.15, 0.2) is 23.1 Å². The third kappa shape index (κ3) is 3.44. The van der Waals surface area contributed by atoms with Gasteiger partial charge in [0.25, 0.3) is 0 Å². The smallest absolute Gasteiger partial charge is 0.305 e. The van der Waals surface area contributed by atoms with Crippen molar-refractivity contribution in [3.63, 3.8) is 0 Å². The van der Waals surface area contributed by atoms with Gasteiger partial charge in [-0.1, -0.05) is 6.07 Å². The first-order valence-corrected chi connectivity index (χ1v) is 7.00. The Morgan fingerprint density at radius 3 is 2.56 bits per heavy atom. The maximum Gasteiger partial charge on any atom is 0.305 e. The van der Waals surface area contributed by atoms with E-state index in [0.717, 1.165) is 6.26 Å². The summed E-state index contributed by atoms with van der Waals surface area (Å²) < 4.78 is 27.9. The number of methoxy groups -OCH3 is 1. The third-order valence-electron chi connectivity index (χ3n) is 2.41. The monoisotopic (exact) mass is 273 g/mol. The summed E-state index contributed by atoms with van der Waals surface area (Å²) in [6.07, 6.45) is 0.836. The fourth-order valence-corrected chi connectivity index (χ4v) is 2.35. The quantitative estimate of drug-likeness (QED) is 0.812. The van der Waals surface area contributed by atoms with E-state index in [0.29, 0.717) is 5.56 Å². The largest absolute Gasteiger partial charge is 0.495 e. The zero-order valence-electron chi connectivity index (χ0n) is 10.1. The van der Waals surface area contributed by atoms with Gasteiger partial charge in [0.05, 0.1) is 13.5 Å². The molecule has 0 saturated carbocycles. The Hall–Kier alpha value is -1.60. The lowest BCUT2D eigenvalue weighted by Crippen LogP contribution is -2.15. The van der Waals surface area contributed by atoms with E-state index in [-0.39, 0.29) is 17.1 Å². The molecule has 1 aromatic rings. The molecular weight excluding hydrogens is 258 g/mol. The van der Waals surface area contributed by atoms with Gasteiger partial charge in [-0.15, -0.1) is 0 Å². The van der Waals surface area contributed by atoms with Crippen LogP contribution in [0.4, 0.5) is 0 Å². The molecule has 0 heterocycles. The van der Waals surface area contributed by atoms with E-state index in [1.165, 1.54) is 25.3 Å². The van der Waals surface area contributed by atoms with Crippen LogP contribution in [0.1, 0.15) is 18.0 Å². The van der Waals surface area contributed by atoms with Crippen molar-refractivity contribution in [1.29, 1.82) is 0 Å². The van der Waals surface area contributed by atoms with Gasteiger partial charge in [-0.2, -0.15) is 0 Å². The maximum atomic E-state index is 11.5. The number of hydrogen-bond acceptors (Lipinski definition) is 5. The Kier molecular flexibility index (Phi) is 4.31. The first-order valence-electron chi connectivity index (χ1n) is 5.11. The van der Waals surface area contributed by atoms with Crippen LogP contribution in [0.2, 0.25) is 0 Å². The molecule has 0 spiro atoms. The Balaban J connectivity index is 3.17. The minimum Gasteiger partial charge on any atom is -0.495 e. The summed E-state index contributed by atoms with van der Waals surface area (Å²) in [5, 5.41) is 8.65. The van der Waals surface area contributed by atoms with Gasteiger partial charge in [0.2, 0.25) is 0 Å². The molecule has 0 amide bonds. The van der Waals surface area contributed by atoms with E-state index in [2.05, 4.69) is 0 Å². The van der Waals surface area contributed by atoms with Crippen LogP contribution in [0.5, 0.6) is 5.75 Å². The zero-order chi connectivity index (χ0) is 13.9. The number of nitrogens with two attached hydrogens (primary N) is 1. The van der Waals surface area contributed by atoms with E-state index < -0.39 is 21.8 Å². The van der Waals surface area contributed by atoms with Crippen molar-refractivity contribution in [1.82, 2.24) is 0 Å². The Morgan fingerprint density at radius 2 is 2.11 bits per heavy atom. The van der Waals surface area contributed by atoms with E-state index >= 15 is 0 Å². The molecule has 18 heavy (non-hydrogen) atoms. The van der Waals surface area contributed by atoms with Crippen molar-refractivity contribution in [2.45, 2.75) is 17.4 Å². The van der Waals surface area contributed by atoms with Crippen molar-refractivity contribution < 1.29 is 23.1 Å². The van der Waals surface area contributed by atoms with Crippen molar-refractivity contribution in [2.75, 3.05) is 13.4 Å². The first kappa shape index (κ1) is 14.5. The molecule has 0 radical (unpaired) electrons. The minimum atomic E-state index is -3.39. The van der Waals surface area contributed by atoms with Gasteiger partial charge in [-0.05, 0) is 17.7 Å². The number of rotatable bonds is 5. The van der Waals surface area contributed by atoms with Crippen molar-refractivity contribution in [3.05, 3.63) is 23.8 Å². The van der Waals surface area contributed by atoms with Crippen LogP contribution in [0.3, 0.4) is 0 Å². The Labute approximate surface area is 105 Å². The lowest BCUT2D eigenvalue weighted by molar-refractivity contribution is -0.137. The van der Waals surface area contributed by atoms with Gasteiger partial charge in [0.1, 0.15) is 10.6 Å². The molecule has 100 valence electrons. The number of sulfone groups is 1. The van der Waals surface area contributed by atoms with Gasteiger partial charge in [-0.3, -0.25) is 4.79 Å². The minimum absolute atomic E-state index is 0.0521. The number of benzene rings is 1. The Bertz CT molecular complexity index is 553. The molecule has 1 atom stereocenters. The highest BCUT2D eigenvalue weighted by atomic mass is 32.2. The van der Waals surface area contributed by atoms with Gasteiger partial charge in [0.15, 0.2) is 9.84 Å². The zero-order valence-corrected chi connectivity index (χ0v) is 10.9. The second-order valence-electron chi connectivity index (χ2n) is 3.89. The second kappa shape index (κ2) is 5.36. The van der Waals surface area contributed by atoms with Crippen molar-refractivity contribution in [3.8, 4) is 5.75 Å². The van der Waals surface area contributed by atoms with E-state index in [1.54, 1.807) is 0 Å². The number of aliphatic carboxylic acids is 1. The molecule has 6 nitrogen and oxygen atoms in total. The lowest BCUT2D eigenvalue weighted by atomic mass is 10.0. The summed E-state index contributed by atoms with van der Waals surface area (Å²) >= 11 is 0. The summed E-state index contributed by atoms with van der Waals surface area (Å²) in [6.45, 7) is 0. The highest BCUT2D eigenvalue weighted by Gasteiger charge is 2.17. The van der Waals surface area contributed by atoms with Crippen LogP contribution >= 0.6 is 0 Å². The molecule has 0 fully saturated rings. The van der Waals surface area contributed by atoms with Crippen molar-refractivity contribution >= 4 is 15.8 Å². The summed E-state index contributed by atoms with van der Waals surface area (Å²) in [7, 11) is -2.05. The summed E-state index contributed by atoms with van der Waals surface area (Å²) in [5.41, 5.74) is 6.21. The van der Waals surface area contributed by atoms with Gasteiger partial charge >= 0.3 is 5.97 Å². The average Bonchev–Trinajstić information content (AvgIpc) is 2.26. The van der Waals surface area contributed by atoms with Crippen LogP contribution in [-0.4, -0.2) is 32.9 Å². The van der Waals surface area contributed by atoms with Gasteiger partial charge < -0.3 is 15.6 Å². The molecule has 0 aliphatic carbocycles. The predicted octanol–water partition coefficient (Wildman–Crippen LogP) is 0.573. The van der Waals surface area contributed by atoms with Crippen molar-refractivity contribution in [2.24, 2.45) is 5.73 Å². The molecule has 0 saturated heterocycles. The average molecular weight is 273 g/mol. The molecule has 0 aliphatic rings. The molecule has 0 aromatic heterocycles. The van der Waals surface area contributed by atoms with Crippen LogP contribution in [-0.2, 0) is 14.6 Å². The molecule has 3 N–H and O–H groups in total. The van der Waals surface area contributed by atoms with Gasteiger partial charge in [0, 0.05) is 12.3 Å². The molecule has 1 rings (SSSR count). The highest BCUT2D eigenvalue weighted by molar-refractivity contribution is 7.90. The molecule has 0 aliphatic heterocycles. The lowest BCUT2D eigenvalue weighted by Gasteiger charge is -2.13. The number of carbonyl (C=O) groups is 1. The SMILES string of the molecule is COc1cc(C(N)CC(=O)O)ccc1S(C)(=O)=O. The molecular formula is C11H15NO5S. The van der Waals surface area contributed by atoms with Crippen LogP contribution in [0.25, 0.3) is 0 Å². The number of hydrogen-bond donors (Lipinski definition) is 2. The number of carboxylic acids is 1. The van der Waals surface area contributed by atoms with Crippen LogP contribution < -0.4 is 10.5 Å². The van der Waals surface area contributed by atoms with Gasteiger partial charge in [-0.25, -0.2) is 8.42 Å². The highest BCUT2D eigenvalue weighted by Crippen LogP contribution is 2.27. The molecule has 1 aromatic carbocycles. The number of ether oxygens (including phenoxy) is 1. The normalized spacial score (nSPS) is 13.1. The summed E-state index contributed by atoms with van der Waals surface area (Å²) in [4.78, 5) is 10.6. The fourth-order valence-electron chi connectivity index (χ4n) is 1.53. The van der Waals surface area contributed by atoms with E-state index in [9.17, 15) is 13.2 Å². The third-order valence-corrected chi connectivity index (χ3v) is 3.55. The first-order chi connectivity index (χ1) is 8.25. The fraction of sp³-hybridized carbons (Fsp3) is 0.364. The van der Waals surface area contributed by atoms with E-state index in [4.69, 9.17) is 15.6 Å². The predicted molar refractivity (Wildman–Crippen MR) is 65.3 cm³/mol. The topological polar surface area (TPSA) is 107 Å².